The molecule has 1 unspecified atom stereocenters. The lowest BCUT2D eigenvalue weighted by molar-refractivity contribution is -0.133. The van der Waals surface area contributed by atoms with Crippen molar-refractivity contribution in [3.05, 3.63) is 0 Å². The summed E-state index contributed by atoms with van der Waals surface area (Å²) in [6.45, 7) is 5.65. The first-order chi connectivity index (χ1) is 7.50. The molecule has 0 aromatic rings. The van der Waals surface area contributed by atoms with Crippen LogP contribution in [-0.2, 0) is 9.53 Å². The summed E-state index contributed by atoms with van der Waals surface area (Å²) in [6, 6.07) is -0.369. The minimum absolute atomic E-state index is 0.0317. The summed E-state index contributed by atoms with van der Waals surface area (Å²) >= 11 is 0. The summed E-state index contributed by atoms with van der Waals surface area (Å²) in [5.74, 6) is 0.485. The second kappa shape index (κ2) is 6.21. The Morgan fingerprint density at radius 3 is 2.75 bits per heavy atom. The zero-order valence-corrected chi connectivity index (χ0v) is 10.6. The Morgan fingerprint density at radius 2 is 2.25 bits per heavy atom. The van der Waals surface area contributed by atoms with Crippen LogP contribution in [0.15, 0.2) is 0 Å². The standard InChI is InChI=1S/C12H24N2O2/c1-9(2)7-11(13)12(15)14(3)8-10-5-4-6-16-10/h9-11H,4-8,13H2,1-3H3/t10?,11-/m0/s1. The van der Waals surface area contributed by atoms with Gasteiger partial charge in [-0.15, -0.1) is 0 Å². The third-order valence-corrected chi connectivity index (χ3v) is 2.92. The van der Waals surface area contributed by atoms with Crippen LogP contribution in [0, 0.1) is 5.92 Å². The molecule has 0 bridgehead atoms. The average molecular weight is 228 g/mol. The van der Waals surface area contributed by atoms with Crippen molar-refractivity contribution in [2.24, 2.45) is 11.7 Å². The van der Waals surface area contributed by atoms with Crippen LogP contribution in [0.3, 0.4) is 0 Å². The molecule has 0 aromatic heterocycles. The Bertz CT molecular complexity index is 225. The predicted molar refractivity (Wildman–Crippen MR) is 64.0 cm³/mol. The summed E-state index contributed by atoms with van der Waals surface area (Å²) in [4.78, 5) is 13.6. The lowest BCUT2D eigenvalue weighted by Crippen LogP contribution is -2.45. The van der Waals surface area contributed by atoms with Gasteiger partial charge in [0.25, 0.3) is 0 Å². The van der Waals surface area contributed by atoms with Crippen molar-refractivity contribution in [3.8, 4) is 0 Å². The van der Waals surface area contributed by atoms with Gasteiger partial charge in [0.1, 0.15) is 0 Å². The fraction of sp³-hybridized carbons (Fsp3) is 0.917. The van der Waals surface area contributed by atoms with Crippen LogP contribution in [0.5, 0.6) is 0 Å². The van der Waals surface area contributed by atoms with Gasteiger partial charge in [0, 0.05) is 20.2 Å². The molecule has 1 rings (SSSR count). The highest BCUT2D eigenvalue weighted by atomic mass is 16.5. The molecule has 4 nitrogen and oxygen atoms in total. The largest absolute Gasteiger partial charge is 0.376 e. The summed E-state index contributed by atoms with van der Waals surface area (Å²) in [5, 5.41) is 0. The first-order valence-electron chi connectivity index (χ1n) is 6.13. The molecule has 4 heteroatoms. The zero-order chi connectivity index (χ0) is 12.1. The molecule has 1 heterocycles. The Kier molecular flexibility index (Phi) is 5.22. The van der Waals surface area contributed by atoms with E-state index in [9.17, 15) is 4.79 Å². The number of nitrogens with two attached hydrogens (primary N) is 1. The van der Waals surface area contributed by atoms with Gasteiger partial charge in [-0.25, -0.2) is 0 Å². The molecule has 2 atom stereocenters. The van der Waals surface area contributed by atoms with Crippen molar-refractivity contribution in [2.75, 3.05) is 20.2 Å². The fourth-order valence-electron chi connectivity index (χ4n) is 2.08. The number of nitrogens with zero attached hydrogens (tertiary/aromatic N) is 1. The van der Waals surface area contributed by atoms with E-state index >= 15 is 0 Å². The highest BCUT2D eigenvalue weighted by Gasteiger charge is 2.23. The van der Waals surface area contributed by atoms with Crippen molar-refractivity contribution < 1.29 is 9.53 Å². The summed E-state index contributed by atoms with van der Waals surface area (Å²) in [5.41, 5.74) is 5.86. The van der Waals surface area contributed by atoms with Crippen LogP contribution in [0.25, 0.3) is 0 Å². The highest BCUT2D eigenvalue weighted by molar-refractivity contribution is 5.81. The quantitative estimate of drug-likeness (QED) is 0.763. The lowest BCUT2D eigenvalue weighted by Gasteiger charge is -2.24. The van der Waals surface area contributed by atoms with Crippen molar-refractivity contribution >= 4 is 5.91 Å². The minimum Gasteiger partial charge on any atom is -0.376 e. The summed E-state index contributed by atoms with van der Waals surface area (Å²) in [7, 11) is 1.81. The maximum Gasteiger partial charge on any atom is 0.239 e. The van der Waals surface area contributed by atoms with Gasteiger partial charge >= 0.3 is 0 Å². The number of rotatable bonds is 5. The molecule has 0 aliphatic carbocycles. The Morgan fingerprint density at radius 1 is 1.56 bits per heavy atom. The van der Waals surface area contributed by atoms with Gasteiger partial charge in [0.15, 0.2) is 0 Å². The number of amides is 1. The number of likely N-dealkylation sites (N-methyl/N-ethyl adjacent to an activating group) is 1. The van der Waals surface area contributed by atoms with Gasteiger partial charge in [-0.3, -0.25) is 4.79 Å². The van der Waals surface area contributed by atoms with Crippen LogP contribution in [0.2, 0.25) is 0 Å². The van der Waals surface area contributed by atoms with E-state index in [1.807, 2.05) is 7.05 Å². The predicted octanol–water partition coefficient (Wildman–Crippen LogP) is 0.997. The summed E-state index contributed by atoms with van der Waals surface area (Å²) < 4.78 is 5.50. The van der Waals surface area contributed by atoms with Crippen LogP contribution >= 0.6 is 0 Å². The molecular formula is C12H24N2O2. The minimum atomic E-state index is -0.369. The van der Waals surface area contributed by atoms with E-state index in [0.717, 1.165) is 25.9 Å². The average Bonchev–Trinajstić information content (AvgIpc) is 2.68. The summed E-state index contributed by atoms with van der Waals surface area (Å²) in [6.07, 6.45) is 3.11. The monoisotopic (exact) mass is 228 g/mol. The maximum atomic E-state index is 11.9. The molecule has 1 aliphatic rings. The Hall–Kier alpha value is -0.610. The van der Waals surface area contributed by atoms with Crippen LogP contribution in [0.1, 0.15) is 33.1 Å². The smallest absolute Gasteiger partial charge is 0.239 e. The molecular weight excluding hydrogens is 204 g/mol. The number of ether oxygens (including phenoxy) is 1. The second-order valence-corrected chi connectivity index (χ2v) is 5.09. The SMILES string of the molecule is CC(C)C[C@H](N)C(=O)N(C)CC1CCCO1. The first kappa shape index (κ1) is 13.5. The molecule has 94 valence electrons. The van der Waals surface area contributed by atoms with Crippen molar-refractivity contribution in [1.29, 1.82) is 0 Å². The van der Waals surface area contributed by atoms with E-state index < -0.39 is 0 Å². The second-order valence-electron chi connectivity index (χ2n) is 5.09. The van der Waals surface area contributed by atoms with E-state index in [-0.39, 0.29) is 18.1 Å². The molecule has 1 amide bonds. The molecule has 1 fully saturated rings. The molecule has 0 aromatic carbocycles. The van der Waals surface area contributed by atoms with Gasteiger partial charge < -0.3 is 15.4 Å². The Balaban J connectivity index is 2.33. The van der Waals surface area contributed by atoms with E-state index in [1.165, 1.54) is 0 Å². The van der Waals surface area contributed by atoms with Gasteiger partial charge in [0.2, 0.25) is 5.91 Å². The third-order valence-electron chi connectivity index (χ3n) is 2.92. The fourth-order valence-corrected chi connectivity index (χ4v) is 2.08. The van der Waals surface area contributed by atoms with E-state index in [0.29, 0.717) is 12.5 Å². The molecule has 0 spiro atoms. The molecule has 1 aliphatic heterocycles. The first-order valence-corrected chi connectivity index (χ1v) is 6.13. The number of carbonyl (C=O) groups is 1. The zero-order valence-electron chi connectivity index (χ0n) is 10.6. The normalized spacial score (nSPS) is 22.4. The topological polar surface area (TPSA) is 55.6 Å². The van der Waals surface area contributed by atoms with Gasteiger partial charge in [0.05, 0.1) is 12.1 Å². The molecule has 0 saturated carbocycles. The van der Waals surface area contributed by atoms with Crippen molar-refractivity contribution in [2.45, 2.75) is 45.3 Å². The van der Waals surface area contributed by atoms with Crippen molar-refractivity contribution in [3.63, 3.8) is 0 Å². The highest BCUT2D eigenvalue weighted by Crippen LogP contribution is 2.13. The van der Waals surface area contributed by atoms with Gasteiger partial charge in [-0.2, -0.15) is 0 Å². The number of hydrogen-bond donors (Lipinski definition) is 1. The van der Waals surface area contributed by atoms with Crippen LogP contribution < -0.4 is 5.73 Å². The molecule has 1 saturated heterocycles. The van der Waals surface area contributed by atoms with Crippen LogP contribution in [0.4, 0.5) is 0 Å². The van der Waals surface area contributed by atoms with E-state index in [4.69, 9.17) is 10.5 Å². The van der Waals surface area contributed by atoms with E-state index in [2.05, 4.69) is 13.8 Å². The molecule has 16 heavy (non-hydrogen) atoms. The van der Waals surface area contributed by atoms with Gasteiger partial charge in [-0.05, 0) is 25.2 Å². The molecule has 0 radical (unpaired) electrons. The molecule has 2 N–H and O–H groups in total. The third kappa shape index (κ3) is 4.10. The van der Waals surface area contributed by atoms with Gasteiger partial charge in [-0.1, -0.05) is 13.8 Å². The van der Waals surface area contributed by atoms with Crippen LogP contribution in [-0.4, -0.2) is 43.2 Å². The van der Waals surface area contributed by atoms with E-state index in [1.54, 1.807) is 4.90 Å². The Labute approximate surface area is 98.1 Å². The number of hydrogen-bond acceptors (Lipinski definition) is 3. The lowest BCUT2D eigenvalue weighted by atomic mass is 10.0. The number of carbonyl (C=O) groups excluding carboxylic acids is 1. The maximum absolute atomic E-state index is 11.9. The van der Waals surface area contributed by atoms with Crippen molar-refractivity contribution in [1.82, 2.24) is 4.90 Å².